The van der Waals surface area contributed by atoms with Crippen LogP contribution in [0, 0.1) is 5.82 Å². The molecule has 0 saturated carbocycles. The Morgan fingerprint density at radius 1 is 1.37 bits per heavy atom. The molecule has 0 aliphatic carbocycles. The number of carboxylic acids is 1. The van der Waals surface area contributed by atoms with E-state index in [4.69, 9.17) is 16.7 Å². The van der Waals surface area contributed by atoms with Gasteiger partial charge in [0.1, 0.15) is 5.82 Å². The fraction of sp³-hybridized carbons (Fsp3) is 0.273. The van der Waals surface area contributed by atoms with Crippen molar-refractivity contribution in [2.45, 2.75) is 19.1 Å². The molecule has 1 rings (SSSR count). The molecule has 0 aliphatic heterocycles. The van der Waals surface area contributed by atoms with Gasteiger partial charge >= 0.3 is 12.0 Å². The van der Waals surface area contributed by atoms with Crippen molar-refractivity contribution in [3.05, 3.63) is 29.0 Å². The van der Waals surface area contributed by atoms with Gasteiger partial charge < -0.3 is 20.8 Å². The second-order valence-electron chi connectivity index (χ2n) is 3.81. The third kappa shape index (κ3) is 4.72. The predicted octanol–water partition coefficient (Wildman–Crippen LogP) is 1.43. The summed E-state index contributed by atoms with van der Waals surface area (Å²) in [6, 6.07) is 1.01. The highest BCUT2D eigenvalue weighted by Crippen LogP contribution is 2.17. The minimum Gasteiger partial charge on any atom is -0.480 e. The largest absolute Gasteiger partial charge is 0.480 e. The number of urea groups is 1. The lowest BCUT2D eigenvalue weighted by atomic mass is 10.2. The first-order valence-corrected chi connectivity index (χ1v) is 5.62. The molecule has 1 aromatic carbocycles. The number of nitrogens with one attached hydrogen (secondary N) is 2. The van der Waals surface area contributed by atoms with Gasteiger partial charge in [0.15, 0.2) is 6.04 Å². The summed E-state index contributed by atoms with van der Waals surface area (Å²) in [5, 5.41) is 22.3. The molecule has 0 spiro atoms. The van der Waals surface area contributed by atoms with Crippen molar-refractivity contribution in [3.8, 4) is 0 Å². The van der Waals surface area contributed by atoms with Gasteiger partial charge in [-0.25, -0.2) is 14.0 Å². The topological polar surface area (TPSA) is 98.7 Å². The zero-order chi connectivity index (χ0) is 14.6. The molecule has 0 fully saturated rings. The third-order valence-corrected chi connectivity index (χ3v) is 2.37. The van der Waals surface area contributed by atoms with Crippen LogP contribution >= 0.6 is 11.6 Å². The van der Waals surface area contributed by atoms with Crippen LogP contribution in [0.5, 0.6) is 0 Å². The van der Waals surface area contributed by atoms with E-state index in [1.807, 2.05) is 5.32 Å². The molecule has 0 bridgehead atoms. The Morgan fingerprint density at radius 3 is 2.47 bits per heavy atom. The van der Waals surface area contributed by atoms with Crippen molar-refractivity contribution < 1.29 is 24.2 Å². The highest BCUT2D eigenvalue weighted by molar-refractivity contribution is 6.30. The summed E-state index contributed by atoms with van der Waals surface area (Å²) in [5.74, 6) is -2.03. The molecule has 0 unspecified atom stereocenters. The second kappa shape index (κ2) is 6.35. The summed E-state index contributed by atoms with van der Waals surface area (Å²) >= 11 is 5.59. The summed E-state index contributed by atoms with van der Waals surface area (Å²) in [6.07, 6.45) is -1.28. The lowest BCUT2D eigenvalue weighted by Gasteiger charge is -2.17. The number of aliphatic carboxylic acids is 1. The van der Waals surface area contributed by atoms with Gasteiger partial charge in [-0.05, 0) is 25.1 Å². The van der Waals surface area contributed by atoms with Crippen LogP contribution in [-0.4, -0.2) is 34.4 Å². The molecule has 8 heteroatoms. The number of hydrogen-bond donors (Lipinski definition) is 4. The molecule has 0 heterocycles. The Hall–Kier alpha value is -1.86. The maximum absolute atomic E-state index is 13.0. The van der Waals surface area contributed by atoms with Crippen LogP contribution in [0.4, 0.5) is 14.9 Å². The lowest BCUT2D eigenvalue weighted by Crippen LogP contribution is -2.49. The van der Waals surface area contributed by atoms with Crippen LogP contribution in [0.1, 0.15) is 6.92 Å². The molecular weight excluding hydrogens is 279 g/mol. The van der Waals surface area contributed by atoms with E-state index in [0.717, 1.165) is 12.1 Å². The monoisotopic (exact) mass is 290 g/mol. The molecule has 19 heavy (non-hydrogen) atoms. The highest BCUT2D eigenvalue weighted by Gasteiger charge is 2.24. The van der Waals surface area contributed by atoms with Crippen LogP contribution in [0.3, 0.4) is 0 Å². The molecular formula is C11H12ClFN2O4. The summed E-state index contributed by atoms with van der Waals surface area (Å²) < 4.78 is 13.0. The van der Waals surface area contributed by atoms with Gasteiger partial charge in [-0.1, -0.05) is 11.6 Å². The summed E-state index contributed by atoms with van der Waals surface area (Å²) in [4.78, 5) is 22.2. The van der Waals surface area contributed by atoms with Crippen molar-refractivity contribution >= 4 is 29.3 Å². The molecule has 0 aliphatic rings. The molecule has 0 aromatic heterocycles. The van der Waals surface area contributed by atoms with E-state index in [-0.39, 0.29) is 10.7 Å². The van der Waals surface area contributed by atoms with E-state index in [0.29, 0.717) is 0 Å². The standard InChI is InChI=1S/C11H12ClFN2O4/c1-5(16)9(10(17)18)15-11(19)14-8-3-6(12)2-7(13)4-8/h2-5,9,16H,1H3,(H,17,18)(H2,14,15,19)/t5-,9+/m1/s1. The SMILES string of the molecule is C[C@@H](O)[C@H](NC(=O)Nc1cc(F)cc(Cl)c1)C(=O)O. The van der Waals surface area contributed by atoms with E-state index in [2.05, 4.69) is 5.32 Å². The number of carbonyl (C=O) groups is 2. The Balaban J connectivity index is 2.71. The van der Waals surface area contributed by atoms with Crippen LogP contribution in [0.15, 0.2) is 18.2 Å². The fourth-order valence-corrected chi connectivity index (χ4v) is 1.54. The maximum Gasteiger partial charge on any atom is 0.328 e. The predicted molar refractivity (Wildman–Crippen MR) is 66.7 cm³/mol. The molecule has 1 aromatic rings. The summed E-state index contributed by atoms with van der Waals surface area (Å²) in [7, 11) is 0. The Kier molecular flexibility index (Phi) is 5.08. The molecule has 2 atom stereocenters. The second-order valence-corrected chi connectivity index (χ2v) is 4.25. The van der Waals surface area contributed by atoms with Gasteiger partial charge in [0.2, 0.25) is 0 Å². The number of halogens is 2. The van der Waals surface area contributed by atoms with Gasteiger partial charge in [-0.2, -0.15) is 0 Å². The quantitative estimate of drug-likeness (QED) is 0.674. The first-order valence-electron chi connectivity index (χ1n) is 5.24. The zero-order valence-corrected chi connectivity index (χ0v) is 10.6. The highest BCUT2D eigenvalue weighted by atomic mass is 35.5. The zero-order valence-electron chi connectivity index (χ0n) is 9.85. The van der Waals surface area contributed by atoms with E-state index < -0.39 is 30.0 Å². The van der Waals surface area contributed by atoms with Crippen molar-refractivity contribution in [2.75, 3.05) is 5.32 Å². The smallest absolute Gasteiger partial charge is 0.328 e. The van der Waals surface area contributed by atoms with Crippen LogP contribution in [-0.2, 0) is 4.79 Å². The van der Waals surface area contributed by atoms with E-state index in [1.165, 1.54) is 13.0 Å². The number of hydrogen-bond acceptors (Lipinski definition) is 3. The maximum atomic E-state index is 13.0. The Morgan fingerprint density at radius 2 is 2.00 bits per heavy atom. The number of benzene rings is 1. The number of anilines is 1. The Labute approximate surface area is 113 Å². The van der Waals surface area contributed by atoms with Crippen LogP contribution in [0.25, 0.3) is 0 Å². The Bertz CT molecular complexity index is 475. The van der Waals surface area contributed by atoms with E-state index in [1.54, 1.807) is 0 Å². The average molecular weight is 291 g/mol. The molecule has 104 valence electrons. The number of carbonyl (C=O) groups excluding carboxylic acids is 1. The van der Waals surface area contributed by atoms with Gasteiger partial charge in [0, 0.05) is 10.7 Å². The lowest BCUT2D eigenvalue weighted by molar-refractivity contribution is -0.141. The number of carboxylic acid groups (broad SMARTS) is 1. The van der Waals surface area contributed by atoms with Crippen molar-refractivity contribution in [3.63, 3.8) is 0 Å². The van der Waals surface area contributed by atoms with Gasteiger partial charge in [-0.15, -0.1) is 0 Å². The molecule has 0 radical (unpaired) electrons. The first kappa shape index (κ1) is 15.2. The molecule has 0 saturated heterocycles. The molecule has 2 amide bonds. The number of amides is 2. The van der Waals surface area contributed by atoms with Crippen molar-refractivity contribution in [1.82, 2.24) is 5.32 Å². The summed E-state index contributed by atoms with van der Waals surface area (Å²) in [5.41, 5.74) is 0.0669. The van der Waals surface area contributed by atoms with Gasteiger partial charge in [0.05, 0.1) is 6.10 Å². The minimum atomic E-state index is -1.47. The summed E-state index contributed by atoms with van der Waals surface area (Å²) in [6.45, 7) is 1.22. The molecule has 6 nitrogen and oxygen atoms in total. The van der Waals surface area contributed by atoms with E-state index in [9.17, 15) is 19.1 Å². The molecule has 4 N–H and O–H groups in total. The fourth-order valence-electron chi connectivity index (χ4n) is 1.32. The van der Waals surface area contributed by atoms with Gasteiger partial charge in [-0.3, -0.25) is 0 Å². The number of aliphatic hydroxyl groups excluding tert-OH is 1. The van der Waals surface area contributed by atoms with Gasteiger partial charge in [0.25, 0.3) is 0 Å². The van der Waals surface area contributed by atoms with Crippen LogP contribution in [0.2, 0.25) is 5.02 Å². The number of aliphatic hydroxyl groups is 1. The van der Waals surface area contributed by atoms with Crippen molar-refractivity contribution in [2.24, 2.45) is 0 Å². The minimum absolute atomic E-state index is 0.0669. The first-order chi connectivity index (χ1) is 8.79. The normalized spacial score (nSPS) is 13.5. The average Bonchev–Trinajstić information content (AvgIpc) is 2.23. The number of rotatable bonds is 4. The third-order valence-electron chi connectivity index (χ3n) is 2.16. The van der Waals surface area contributed by atoms with Crippen LogP contribution < -0.4 is 10.6 Å². The van der Waals surface area contributed by atoms with E-state index >= 15 is 0 Å². The van der Waals surface area contributed by atoms with Crippen molar-refractivity contribution in [1.29, 1.82) is 0 Å².